The highest BCUT2D eigenvalue weighted by molar-refractivity contribution is 6.31. The quantitative estimate of drug-likeness (QED) is 0.649. The molecule has 1 rings (SSSR count). The Labute approximate surface area is 75.0 Å². The minimum atomic E-state index is -1.48. The van der Waals surface area contributed by atoms with Gasteiger partial charge in [-0.25, -0.2) is 0 Å². The van der Waals surface area contributed by atoms with Crippen molar-refractivity contribution in [1.82, 2.24) is 0 Å². The van der Waals surface area contributed by atoms with Crippen molar-refractivity contribution in [1.29, 1.82) is 0 Å². The molecule has 0 bridgehead atoms. The molecule has 0 spiro atoms. The number of carboxylic acids is 1. The van der Waals surface area contributed by atoms with Crippen LogP contribution < -0.4 is 0 Å². The Morgan fingerprint density at radius 1 is 1.75 bits per heavy atom. The van der Waals surface area contributed by atoms with Gasteiger partial charge in [-0.2, -0.15) is 0 Å². The molecule has 2 unspecified atom stereocenters. The summed E-state index contributed by atoms with van der Waals surface area (Å²) in [6.45, 7) is 1.38. The molecule has 0 aromatic carbocycles. The van der Waals surface area contributed by atoms with Crippen LogP contribution in [0, 0.1) is 5.92 Å². The first kappa shape index (κ1) is 9.29. The van der Waals surface area contributed by atoms with Crippen molar-refractivity contribution in [2.45, 2.75) is 12.5 Å². The molecule has 1 aliphatic carbocycles. The fourth-order valence-electron chi connectivity index (χ4n) is 1.08. The number of aliphatic hydroxyl groups is 1. The van der Waals surface area contributed by atoms with Crippen LogP contribution in [-0.4, -0.2) is 21.8 Å². The topological polar surface area (TPSA) is 57.5 Å². The van der Waals surface area contributed by atoms with Gasteiger partial charge in [0.05, 0.1) is 5.03 Å². The summed E-state index contributed by atoms with van der Waals surface area (Å²) in [7, 11) is 0. The predicted octanol–water partition coefficient (Wildman–Crippen LogP) is 1.13. The highest BCUT2D eigenvalue weighted by Crippen LogP contribution is 2.32. The minimum absolute atomic E-state index is 0.150. The number of carbonyl (C=O) groups is 1. The van der Waals surface area contributed by atoms with E-state index in [1.807, 2.05) is 0 Å². The van der Waals surface area contributed by atoms with E-state index in [1.54, 1.807) is 0 Å². The molecule has 2 atom stereocenters. The third-order valence-electron chi connectivity index (χ3n) is 1.90. The first-order valence-corrected chi connectivity index (χ1v) is 3.83. The fourth-order valence-corrected chi connectivity index (χ4v) is 1.27. The summed E-state index contributed by atoms with van der Waals surface area (Å²) < 4.78 is 0. The lowest BCUT2D eigenvalue weighted by molar-refractivity contribution is -0.145. The number of halogens is 1. The molecule has 0 radical (unpaired) electrons. The summed E-state index contributed by atoms with van der Waals surface area (Å²) in [5, 5.41) is 18.5. The molecule has 2 N–H and O–H groups in total. The summed E-state index contributed by atoms with van der Waals surface area (Å²) in [6.07, 6.45) is 4.42. The van der Waals surface area contributed by atoms with E-state index in [1.165, 1.54) is 25.2 Å². The zero-order chi connectivity index (χ0) is 9.35. The molecule has 3 nitrogen and oxygen atoms in total. The van der Waals surface area contributed by atoms with Crippen molar-refractivity contribution in [2.24, 2.45) is 5.92 Å². The zero-order valence-corrected chi connectivity index (χ0v) is 7.25. The summed E-state index contributed by atoms with van der Waals surface area (Å²) in [4.78, 5) is 10.6. The largest absolute Gasteiger partial charge is 0.481 e. The minimum Gasteiger partial charge on any atom is -0.481 e. The summed E-state index contributed by atoms with van der Waals surface area (Å²) in [6, 6.07) is 0. The molecule has 0 fully saturated rings. The molecular formula is C8H9ClO3. The molecule has 0 saturated carbocycles. The van der Waals surface area contributed by atoms with Gasteiger partial charge in [-0.1, -0.05) is 23.8 Å². The van der Waals surface area contributed by atoms with Gasteiger partial charge in [-0.15, -0.1) is 0 Å². The Morgan fingerprint density at radius 2 is 2.33 bits per heavy atom. The van der Waals surface area contributed by atoms with Gasteiger partial charge in [-0.05, 0) is 13.0 Å². The van der Waals surface area contributed by atoms with Gasteiger partial charge in [-0.3, -0.25) is 4.79 Å². The second-order valence-corrected chi connectivity index (χ2v) is 3.27. The van der Waals surface area contributed by atoms with Crippen LogP contribution in [0.1, 0.15) is 6.92 Å². The molecule has 0 saturated heterocycles. The Hall–Kier alpha value is -0.800. The number of aliphatic carboxylic acids is 1. The van der Waals surface area contributed by atoms with E-state index < -0.39 is 17.5 Å². The maximum atomic E-state index is 10.6. The lowest BCUT2D eigenvalue weighted by atomic mass is 9.85. The average Bonchev–Trinajstić information content (AvgIpc) is 1.94. The molecule has 0 aliphatic heterocycles. The predicted molar refractivity (Wildman–Crippen MR) is 44.8 cm³/mol. The van der Waals surface area contributed by atoms with Gasteiger partial charge < -0.3 is 10.2 Å². The number of hydrogen-bond donors (Lipinski definition) is 2. The first-order valence-electron chi connectivity index (χ1n) is 3.46. The zero-order valence-electron chi connectivity index (χ0n) is 6.49. The summed E-state index contributed by atoms with van der Waals surface area (Å²) in [5.74, 6) is -2.04. The average molecular weight is 189 g/mol. The standard InChI is InChI=1S/C8H9ClO3/c1-8(12)5(7(10)11)3-2-4-6(8)9/h2-5,12H,1H3,(H,10,11). The van der Waals surface area contributed by atoms with E-state index >= 15 is 0 Å². The van der Waals surface area contributed by atoms with Crippen LogP contribution in [0.2, 0.25) is 0 Å². The van der Waals surface area contributed by atoms with Gasteiger partial charge in [0.1, 0.15) is 11.5 Å². The van der Waals surface area contributed by atoms with Gasteiger partial charge in [0.2, 0.25) is 0 Å². The van der Waals surface area contributed by atoms with E-state index in [9.17, 15) is 9.90 Å². The van der Waals surface area contributed by atoms with Crippen molar-refractivity contribution >= 4 is 17.6 Å². The highest BCUT2D eigenvalue weighted by atomic mass is 35.5. The molecule has 66 valence electrons. The van der Waals surface area contributed by atoms with Crippen LogP contribution in [0.4, 0.5) is 0 Å². The maximum absolute atomic E-state index is 10.6. The molecule has 12 heavy (non-hydrogen) atoms. The Balaban J connectivity index is 3.01. The molecule has 0 aromatic heterocycles. The van der Waals surface area contributed by atoms with Crippen LogP contribution in [-0.2, 0) is 4.79 Å². The van der Waals surface area contributed by atoms with Crippen LogP contribution in [0.5, 0.6) is 0 Å². The number of carboxylic acid groups (broad SMARTS) is 1. The number of hydrogen-bond acceptors (Lipinski definition) is 2. The molecule has 0 aromatic rings. The van der Waals surface area contributed by atoms with Gasteiger partial charge >= 0.3 is 5.97 Å². The van der Waals surface area contributed by atoms with Crippen molar-refractivity contribution in [3.8, 4) is 0 Å². The lowest BCUT2D eigenvalue weighted by Crippen LogP contribution is -2.40. The van der Waals surface area contributed by atoms with E-state index in [2.05, 4.69) is 0 Å². The van der Waals surface area contributed by atoms with E-state index in [4.69, 9.17) is 16.7 Å². The second-order valence-electron chi connectivity index (χ2n) is 2.86. The van der Waals surface area contributed by atoms with Crippen molar-refractivity contribution < 1.29 is 15.0 Å². The number of rotatable bonds is 1. The van der Waals surface area contributed by atoms with Crippen molar-refractivity contribution in [2.75, 3.05) is 0 Å². The Morgan fingerprint density at radius 3 is 2.75 bits per heavy atom. The van der Waals surface area contributed by atoms with Crippen LogP contribution in [0.25, 0.3) is 0 Å². The summed E-state index contributed by atoms with van der Waals surface area (Å²) in [5.41, 5.74) is -1.48. The SMILES string of the molecule is CC1(O)C(Cl)=CC=CC1C(=O)O. The van der Waals surface area contributed by atoms with Crippen LogP contribution in [0.3, 0.4) is 0 Å². The van der Waals surface area contributed by atoms with E-state index in [-0.39, 0.29) is 5.03 Å². The van der Waals surface area contributed by atoms with Crippen molar-refractivity contribution in [3.05, 3.63) is 23.3 Å². The smallest absolute Gasteiger partial charge is 0.313 e. The third-order valence-corrected chi connectivity index (χ3v) is 2.41. The fraction of sp³-hybridized carbons (Fsp3) is 0.375. The van der Waals surface area contributed by atoms with E-state index in [0.717, 1.165) is 0 Å². The molecule has 0 heterocycles. The van der Waals surface area contributed by atoms with Gasteiger partial charge in [0, 0.05) is 0 Å². The van der Waals surface area contributed by atoms with Crippen LogP contribution >= 0.6 is 11.6 Å². The van der Waals surface area contributed by atoms with Crippen molar-refractivity contribution in [3.63, 3.8) is 0 Å². The molecular weight excluding hydrogens is 180 g/mol. The third kappa shape index (κ3) is 1.38. The highest BCUT2D eigenvalue weighted by Gasteiger charge is 2.39. The molecule has 0 amide bonds. The normalized spacial score (nSPS) is 34.6. The van der Waals surface area contributed by atoms with E-state index in [0.29, 0.717) is 0 Å². The second kappa shape index (κ2) is 2.92. The van der Waals surface area contributed by atoms with Gasteiger partial charge in [0.15, 0.2) is 0 Å². The maximum Gasteiger partial charge on any atom is 0.313 e. The lowest BCUT2D eigenvalue weighted by Gasteiger charge is -2.29. The molecule has 1 aliphatic rings. The van der Waals surface area contributed by atoms with Gasteiger partial charge in [0.25, 0.3) is 0 Å². The summed E-state index contributed by atoms with van der Waals surface area (Å²) >= 11 is 5.64. The van der Waals surface area contributed by atoms with Crippen LogP contribution in [0.15, 0.2) is 23.3 Å². The molecule has 4 heteroatoms. The first-order chi connectivity index (χ1) is 5.46. The number of allylic oxidation sites excluding steroid dienone is 2. The Kier molecular flexibility index (Phi) is 2.26. The monoisotopic (exact) mass is 188 g/mol. The Bertz CT molecular complexity index is 265.